The summed E-state index contributed by atoms with van der Waals surface area (Å²) in [5, 5.41) is 21.5. The lowest BCUT2D eigenvalue weighted by atomic mass is 9.74. The van der Waals surface area contributed by atoms with Crippen molar-refractivity contribution in [2.24, 2.45) is 0 Å². The van der Waals surface area contributed by atoms with Gasteiger partial charge in [0.2, 0.25) is 0 Å². The highest BCUT2D eigenvalue weighted by molar-refractivity contribution is 6.59. The van der Waals surface area contributed by atoms with E-state index in [0.29, 0.717) is 11.4 Å². The van der Waals surface area contributed by atoms with Crippen LogP contribution in [-0.4, -0.2) is 23.7 Å². The number of nitrogens with one attached hydrogen (secondary N) is 1. The van der Waals surface area contributed by atoms with Crippen LogP contribution in [0.4, 0.5) is 5.69 Å². The van der Waals surface area contributed by atoms with Crippen LogP contribution in [0.15, 0.2) is 18.2 Å². The zero-order valence-corrected chi connectivity index (χ0v) is 7.49. The van der Waals surface area contributed by atoms with E-state index in [4.69, 9.17) is 10.0 Å². The van der Waals surface area contributed by atoms with Crippen molar-refractivity contribution in [2.45, 2.75) is 12.8 Å². The van der Waals surface area contributed by atoms with Crippen LogP contribution >= 0.6 is 0 Å². The largest absolute Gasteiger partial charge is 0.488 e. The molecule has 0 amide bonds. The van der Waals surface area contributed by atoms with E-state index >= 15 is 0 Å². The van der Waals surface area contributed by atoms with Crippen molar-refractivity contribution >= 4 is 18.3 Å². The molecule has 0 aromatic heterocycles. The van der Waals surface area contributed by atoms with Gasteiger partial charge >= 0.3 is 7.12 Å². The van der Waals surface area contributed by atoms with Gasteiger partial charge in [0.25, 0.3) is 0 Å². The average Bonchev–Trinajstić information content (AvgIpc) is 2.48. The van der Waals surface area contributed by atoms with E-state index < -0.39 is 7.12 Å². The quantitative estimate of drug-likeness (QED) is 0.525. The maximum Gasteiger partial charge on any atom is 0.488 e. The topological polar surface area (TPSA) is 52.5 Å². The Morgan fingerprint density at radius 2 is 2.23 bits per heavy atom. The third-order valence-electron chi connectivity index (χ3n) is 2.51. The lowest BCUT2D eigenvalue weighted by Gasteiger charge is -2.09. The molecular formula is C9H12BNO2. The van der Waals surface area contributed by atoms with Crippen LogP contribution in [0.1, 0.15) is 18.4 Å². The molecule has 0 aliphatic carbocycles. The molecule has 0 saturated heterocycles. The fourth-order valence-electron chi connectivity index (χ4n) is 1.88. The molecule has 1 unspecified atom stereocenters. The lowest BCUT2D eigenvalue weighted by Crippen LogP contribution is -2.33. The zero-order valence-electron chi connectivity index (χ0n) is 7.49. The number of benzene rings is 1. The average molecular weight is 177 g/mol. The Morgan fingerprint density at radius 1 is 1.46 bits per heavy atom. The Balaban J connectivity index is 2.53. The summed E-state index contributed by atoms with van der Waals surface area (Å²) in [7, 11) is -1.36. The number of hydrogen-bond acceptors (Lipinski definition) is 3. The fourth-order valence-corrected chi connectivity index (χ4v) is 1.88. The lowest BCUT2D eigenvalue weighted by molar-refractivity contribution is 0.425. The van der Waals surface area contributed by atoms with E-state index in [1.54, 1.807) is 6.07 Å². The first-order valence-corrected chi connectivity index (χ1v) is 4.43. The third kappa shape index (κ3) is 1.32. The van der Waals surface area contributed by atoms with E-state index in [-0.39, 0.29) is 0 Å². The van der Waals surface area contributed by atoms with E-state index in [1.165, 1.54) is 0 Å². The van der Waals surface area contributed by atoms with E-state index in [9.17, 15) is 0 Å². The summed E-state index contributed by atoms with van der Waals surface area (Å²) < 4.78 is 0. The van der Waals surface area contributed by atoms with Gasteiger partial charge in [-0.2, -0.15) is 0 Å². The highest BCUT2D eigenvalue weighted by Gasteiger charge is 2.25. The summed E-state index contributed by atoms with van der Waals surface area (Å²) in [5.74, 6) is 0.355. The number of rotatable bonds is 1. The summed E-state index contributed by atoms with van der Waals surface area (Å²) in [5.41, 5.74) is 2.69. The minimum absolute atomic E-state index is 0.355. The van der Waals surface area contributed by atoms with Crippen LogP contribution in [-0.2, 0) is 0 Å². The molecule has 0 bridgehead atoms. The highest BCUT2D eigenvalue weighted by atomic mass is 16.4. The van der Waals surface area contributed by atoms with Crippen LogP contribution in [0.2, 0.25) is 0 Å². The molecule has 13 heavy (non-hydrogen) atoms. The predicted octanol–water partition coefficient (Wildman–Crippen LogP) is -0.105. The molecule has 1 aliphatic heterocycles. The maximum absolute atomic E-state index is 9.13. The Hall–Kier alpha value is -0.995. The van der Waals surface area contributed by atoms with Crippen LogP contribution in [0.5, 0.6) is 0 Å². The molecule has 4 heteroatoms. The fraction of sp³-hybridized carbons (Fsp3) is 0.333. The van der Waals surface area contributed by atoms with Crippen LogP contribution in [0.3, 0.4) is 0 Å². The number of fused-ring (bicyclic) bond motifs is 1. The molecule has 1 heterocycles. The summed E-state index contributed by atoms with van der Waals surface area (Å²) in [6.45, 7) is 2.95. The molecule has 1 aromatic carbocycles. The molecule has 0 radical (unpaired) electrons. The molecule has 1 aliphatic rings. The van der Waals surface area contributed by atoms with E-state index in [1.807, 2.05) is 12.1 Å². The first-order valence-electron chi connectivity index (χ1n) is 4.43. The molecule has 1 aromatic rings. The molecule has 2 rings (SSSR count). The zero-order chi connectivity index (χ0) is 9.42. The maximum atomic E-state index is 9.13. The second-order valence-corrected chi connectivity index (χ2v) is 3.46. The summed E-state index contributed by atoms with van der Waals surface area (Å²) in [6, 6.07) is 5.55. The summed E-state index contributed by atoms with van der Waals surface area (Å²) in [4.78, 5) is 0. The molecule has 68 valence electrons. The SMILES string of the molecule is CC1CNc2cccc(B(O)O)c21. The molecule has 3 nitrogen and oxygen atoms in total. The van der Waals surface area contributed by atoms with Crippen LogP contribution in [0, 0.1) is 0 Å². The van der Waals surface area contributed by atoms with Gasteiger partial charge in [0.15, 0.2) is 0 Å². The summed E-state index contributed by atoms with van der Waals surface area (Å²) >= 11 is 0. The van der Waals surface area contributed by atoms with Crippen molar-refractivity contribution in [1.82, 2.24) is 0 Å². The van der Waals surface area contributed by atoms with Crippen LogP contribution < -0.4 is 10.8 Å². The smallest absolute Gasteiger partial charge is 0.423 e. The van der Waals surface area contributed by atoms with Gasteiger partial charge in [-0.25, -0.2) is 0 Å². The van der Waals surface area contributed by atoms with Crippen molar-refractivity contribution in [3.8, 4) is 0 Å². The van der Waals surface area contributed by atoms with Crippen molar-refractivity contribution in [1.29, 1.82) is 0 Å². The van der Waals surface area contributed by atoms with Crippen LogP contribution in [0.25, 0.3) is 0 Å². The Bertz CT molecular complexity index is 327. The van der Waals surface area contributed by atoms with Gasteiger partial charge < -0.3 is 15.4 Å². The first-order chi connectivity index (χ1) is 6.20. The minimum Gasteiger partial charge on any atom is -0.423 e. The molecule has 0 spiro atoms. The number of hydrogen-bond donors (Lipinski definition) is 3. The Kier molecular flexibility index (Phi) is 2.02. The van der Waals surface area contributed by atoms with Crippen molar-refractivity contribution in [3.05, 3.63) is 23.8 Å². The first kappa shape index (κ1) is 8.60. The molecule has 3 N–H and O–H groups in total. The monoisotopic (exact) mass is 177 g/mol. The second-order valence-electron chi connectivity index (χ2n) is 3.46. The van der Waals surface area contributed by atoms with Gasteiger partial charge in [-0.1, -0.05) is 19.1 Å². The number of anilines is 1. The standard InChI is InChI=1S/C9H12BNO2/c1-6-5-11-8-4-2-3-7(9(6)8)10(12)13/h2-4,6,11-13H,5H2,1H3. The molecular weight excluding hydrogens is 165 g/mol. The summed E-state index contributed by atoms with van der Waals surface area (Å²) in [6.07, 6.45) is 0. The van der Waals surface area contributed by atoms with Gasteiger partial charge in [0.05, 0.1) is 0 Å². The molecule has 0 saturated carbocycles. The van der Waals surface area contributed by atoms with Crippen molar-refractivity contribution in [2.75, 3.05) is 11.9 Å². The normalized spacial score (nSPS) is 19.5. The van der Waals surface area contributed by atoms with Crippen molar-refractivity contribution in [3.63, 3.8) is 0 Å². The third-order valence-corrected chi connectivity index (χ3v) is 2.51. The van der Waals surface area contributed by atoms with Gasteiger partial charge in [0, 0.05) is 18.2 Å². The Labute approximate surface area is 77.6 Å². The highest BCUT2D eigenvalue weighted by Crippen LogP contribution is 2.28. The second kappa shape index (κ2) is 3.05. The van der Waals surface area contributed by atoms with Gasteiger partial charge in [-0.15, -0.1) is 0 Å². The predicted molar refractivity (Wildman–Crippen MR) is 53.2 cm³/mol. The van der Waals surface area contributed by atoms with E-state index in [2.05, 4.69) is 12.2 Å². The molecule has 1 atom stereocenters. The minimum atomic E-state index is -1.36. The Morgan fingerprint density at radius 3 is 2.92 bits per heavy atom. The molecule has 0 fully saturated rings. The van der Waals surface area contributed by atoms with Gasteiger partial charge in [0.1, 0.15) is 0 Å². The van der Waals surface area contributed by atoms with Gasteiger partial charge in [-0.05, 0) is 17.1 Å². The van der Waals surface area contributed by atoms with E-state index in [0.717, 1.165) is 17.8 Å². The van der Waals surface area contributed by atoms with Gasteiger partial charge in [-0.3, -0.25) is 0 Å². The van der Waals surface area contributed by atoms with Crippen molar-refractivity contribution < 1.29 is 10.0 Å².